The Bertz CT molecular complexity index is 3480. The Balaban J connectivity index is 0.000000195. The van der Waals surface area contributed by atoms with Crippen LogP contribution in [-0.4, -0.2) is 90.7 Å². The zero-order valence-electron chi connectivity index (χ0n) is 47.0. The van der Waals surface area contributed by atoms with E-state index >= 15 is 0 Å². The van der Waals surface area contributed by atoms with Crippen LogP contribution in [0.4, 0.5) is 28.3 Å². The van der Waals surface area contributed by atoms with Crippen molar-refractivity contribution in [1.82, 2.24) is 59.7 Å². The average molecular weight is 1100 g/mol. The molecule has 2 aliphatic rings. The molecule has 412 valence electrons. The number of ketones is 2. The molecule has 0 spiro atoms. The number of carbonyl (C=O) groups excluding carboxylic acids is 3. The van der Waals surface area contributed by atoms with Crippen molar-refractivity contribution >= 4 is 63.9 Å². The van der Waals surface area contributed by atoms with E-state index in [2.05, 4.69) is 132 Å². The highest BCUT2D eigenvalue weighted by Crippen LogP contribution is 2.31. The molecule has 2 aromatic carbocycles. The van der Waals surface area contributed by atoms with Crippen molar-refractivity contribution < 1.29 is 19.1 Å². The molecule has 0 radical (unpaired) electrons. The number of hydrogen-bond donors (Lipinski definition) is 3. The van der Waals surface area contributed by atoms with Crippen LogP contribution in [0.5, 0.6) is 0 Å². The van der Waals surface area contributed by atoms with E-state index in [1.165, 1.54) is 22.7 Å². The molecule has 8 heterocycles. The predicted octanol–water partition coefficient (Wildman–Crippen LogP) is 11.8. The molecular weight excluding hydrogens is 1030 g/mol. The van der Waals surface area contributed by atoms with Gasteiger partial charge < -0.3 is 25.6 Å². The number of Topliss-reactive ketones (excluding diaryl/α,β-unsaturated/α-hetero) is 2. The monoisotopic (exact) mass is 1100 g/mol. The molecule has 79 heavy (non-hydrogen) atoms. The predicted molar refractivity (Wildman–Crippen MR) is 311 cm³/mol. The first-order valence-corrected chi connectivity index (χ1v) is 28.4. The van der Waals surface area contributed by atoms with Gasteiger partial charge in [0.25, 0.3) is 0 Å². The van der Waals surface area contributed by atoms with Gasteiger partial charge in [0.2, 0.25) is 11.9 Å². The van der Waals surface area contributed by atoms with Crippen LogP contribution in [0.3, 0.4) is 0 Å². The lowest BCUT2D eigenvalue weighted by Crippen LogP contribution is -2.41. The van der Waals surface area contributed by atoms with Crippen LogP contribution in [-0.2, 0) is 54.6 Å². The van der Waals surface area contributed by atoms with Crippen molar-refractivity contribution in [2.45, 2.75) is 144 Å². The Morgan fingerprint density at radius 2 is 1.11 bits per heavy atom. The number of benzene rings is 2. The molecular formula is C59H70N14O4S2. The normalized spacial score (nSPS) is 13.5. The van der Waals surface area contributed by atoms with Crippen LogP contribution >= 0.6 is 22.7 Å². The number of carbonyl (C=O) groups is 3. The smallest absolute Gasteiger partial charge is 0.410 e. The molecule has 2 aliphatic heterocycles. The topological polar surface area (TPSA) is 213 Å². The minimum atomic E-state index is -0.541. The molecule has 0 saturated heterocycles. The Morgan fingerprint density at radius 1 is 0.620 bits per heavy atom. The van der Waals surface area contributed by atoms with Crippen molar-refractivity contribution in [3.63, 3.8) is 0 Å². The molecule has 0 bridgehead atoms. The third-order valence-corrected chi connectivity index (χ3v) is 16.2. The molecule has 6 aromatic heterocycles. The summed E-state index contributed by atoms with van der Waals surface area (Å²) in [6.07, 6.45) is 8.86. The minimum absolute atomic E-state index is 0.0401. The lowest BCUT2D eigenvalue weighted by molar-refractivity contribution is 0.0194. The number of fused-ring (bicyclic) bond motifs is 2. The second-order valence-corrected chi connectivity index (χ2v) is 25.1. The van der Waals surface area contributed by atoms with Crippen molar-refractivity contribution in [3.8, 4) is 22.5 Å². The van der Waals surface area contributed by atoms with E-state index in [1.807, 2.05) is 60.5 Å². The van der Waals surface area contributed by atoms with Gasteiger partial charge >= 0.3 is 6.09 Å². The first kappa shape index (κ1) is 56.2. The lowest BCUT2D eigenvalue weighted by Gasteiger charge is -2.30. The summed E-state index contributed by atoms with van der Waals surface area (Å²) in [7, 11) is 0. The van der Waals surface area contributed by atoms with Crippen molar-refractivity contribution in [2.75, 3.05) is 23.7 Å². The number of nitrogens with zero attached hydrogens (tertiary/aromatic N) is 11. The Hall–Kier alpha value is -7.55. The summed E-state index contributed by atoms with van der Waals surface area (Å²) in [5, 5.41) is 21.0. The number of nitrogens with one attached hydrogen (secondary N) is 3. The highest BCUT2D eigenvalue weighted by molar-refractivity contribution is 7.14. The largest absolute Gasteiger partial charge is 0.444 e. The molecule has 0 fully saturated rings. The quantitative estimate of drug-likeness (QED) is 0.0864. The van der Waals surface area contributed by atoms with Gasteiger partial charge in [0.05, 0.1) is 62.2 Å². The van der Waals surface area contributed by atoms with Crippen LogP contribution in [0, 0.1) is 13.8 Å². The Kier molecular flexibility index (Phi) is 16.7. The second-order valence-electron chi connectivity index (χ2n) is 23.0. The molecule has 8 aromatic rings. The SMILES string of the molecule is Cc1cc(-c2ccnc(Nc3cc4n(n3)CCN(C(=O)OC(C)(C)C)C4)n2)ccc1CCC(=O)c1cnc(C(C)(C)C)s1.Cc1cc(-c2ccnc(Nc3cc4n(n3)CCNC4)n2)ccc1CCC(=O)c1cnc(C(C)(C)C)s1. The van der Waals surface area contributed by atoms with E-state index in [9.17, 15) is 14.4 Å². The number of hydrogen-bond acceptors (Lipinski definition) is 17. The molecule has 0 aliphatic carbocycles. The van der Waals surface area contributed by atoms with Gasteiger partial charge in [0.15, 0.2) is 23.2 Å². The van der Waals surface area contributed by atoms with E-state index in [4.69, 9.17) is 14.7 Å². The summed E-state index contributed by atoms with van der Waals surface area (Å²) in [5.41, 5.74) is 9.55. The maximum absolute atomic E-state index is 12.8. The van der Waals surface area contributed by atoms with E-state index in [0.717, 1.165) is 101 Å². The maximum Gasteiger partial charge on any atom is 0.410 e. The summed E-state index contributed by atoms with van der Waals surface area (Å²) in [5.74, 6) is 2.59. The van der Waals surface area contributed by atoms with Gasteiger partial charge in [-0.15, -0.1) is 22.7 Å². The van der Waals surface area contributed by atoms with Gasteiger partial charge in [0, 0.05) is 91.4 Å². The molecule has 0 unspecified atom stereocenters. The standard InChI is InChI=1S/C32H39N7O3S.C27H31N7OS/c1-20-16-22(9-8-21(20)10-11-25(40)26-18-34-28(43-26)31(2,3)4)24-12-13-33-29(35-24)36-27-17-23-19-38(14-15-39(23)37-27)30(41)42-32(5,6)7;1-17-13-19(6-5-18(17)7-8-22(35)23-16-30-25(36-23)27(2,3)4)21-9-10-29-26(31-21)32-24-14-20-15-28-11-12-34(20)33-24/h8-9,12-13,16-18H,10-11,14-15,19H2,1-7H3,(H,33,35,36,37);5-6,9-10,13-14,16,28H,7-8,11-12,15H2,1-4H3,(H,29,31,32,33). The first-order valence-electron chi connectivity index (χ1n) is 26.7. The fourth-order valence-corrected chi connectivity index (χ4v) is 10.8. The molecule has 1 amide bonds. The molecule has 20 heteroatoms. The van der Waals surface area contributed by atoms with Crippen LogP contribution < -0.4 is 16.0 Å². The van der Waals surface area contributed by atoms with E-state index in [-0.39, 0.29) is 28.5 Å². The summed E-state index contributed by atoms with van der Waals surface area (Å²) in [6.45, 7) is 26.5. The summed E-state index contributed by atoms with van der Waals surface area (Å²) < 4.78 is 9.42. The highest BCUT2D eigenvalue weighted by Gasteiger charge is 2.28. The summed E-state index contributed by atoms with van der Waals surface area (Å²) in [4.78, 5) is 68.3. The van der Waals surface area contributed by atoms with Crippen molar-refractivity contribution in [3.05, 3.63) is 139 Å². The number of anilines is 4. The molecule has 0 atom stereocenters. The molecule has 3 N–H and O–H groups in total. The van der Waals surface area contributed by atoms with Crippen LogP contribution in [0.15, 0.2) is 85.5 Å². The fraction of sp³-hybridized carbons (Fsp3) is 0.407. The highest BCUT2D eigenvalue weighted by atomic mass is 32.1. The molecule has 10 rings (SSSR count). The van der Waals surface area contributed by atoms with Crippen molar-refractivity contribution in [1.29, 1.82) is 0 Å². The Morgan fingerprint density at radius 3 is 1.57 bits per heavy atom. The number of aromatic nitrogens is 10. The molecule has 0 saturated carbocycles. The van der Waals surface area contributed by atoms with Gasteiger partial charge in [0.1, 0.15) is 5.60 Å². The minimum Gasteiger partial charge on any atom is -0.444 e. The number of aryl methyl sites for hydroxylation is 4. The molecule has 18 nitrogen and oxygen atoms in total. The average Bonchev–Trinajstić information content (AvgIpc) is 4.32. The van der Waals surface area contributed by atoms with Gasteiger partial charge in [-0.3, -0.25) is 19.0 Å². The zero-order chi connectivity index (χ0) is 56.2. The number of rotatable bonds is 14. The summed E-state index contributed by atoms with van der Waals surface area (Å²) in [6, 6.07) is 20.2. The number of ether oxygens (including phenoxy) is 1. The van der Waals surface area contributed by atoms with Crippen LogP contribution in [0.25, 0.3) is 22.5 Å². The lowest BCUT2D eigenvalue weighted by atomic mass is 9.98. The van der Waals surface area contributed by atoms with Gasteiger partial charge in [-0.05, 0) is 94.0 Å². The first-order chi connectivity index (χ1) is 37.5. The zero-order valence-corrected chi connectivity index (χ0v) is 48.7. The van der Waals surface area contributed by atoms with Crippen LogP contribution in [0.2, 0.25) is 0 Å². The van der Waals surface area contributed by atoms with Gasteiger partial charge in [-0.1, -0.05) is 65.8 Å². The summed E-state index contributed by atoms with van der Waals surface area (Å²) >= 11 is 3.00. The second kappa shape index (κ2) is 23.4. The third kappa shape index (κ3) is 14.4. The number of thiazole rings is 2. The van der Waals surface area contributed by atoms with E-state index in [1.54, 1.807) is 29.7 Å². The van der Waals surface area contributed by atoms with E-state index < -0.39 is 5.60 Å². The van der Waals surface area contributed by atoms with Gasteiger partial charge in [-0.2, -0.15) is 10.2 Å². The maximum atomic E-state index is 12.8. The van der Waals surface area contributed by atoms with E-state index in [0.29, 0.717) is 63.0 Å². The van der Waals surface area contributed by atoms with Crippen molar-refractivity contribution in [2.24, 2.45) is 0 Å². The number of amides is 1. The van der Waals surface area contributed by atoms with Gasteiger partial charge in [-0.25, -0.2) is 34.7 Å². The Labute approximate surface area is 469 Å². The fourth-order valence-electron chi connectivity index (χ4n) is 8.97. The third-order valence-electron chi connectivity index (χ3n) is 13.3. The van der Waals surface area contributed by atoms with Crippen LogP contribution in [0.1, 0.15) is 138 Å².